The zero-order valence-electron chi connectivity index (χ0n) is 29.5. The van der Waals surface area contributed by atoms with E-state index in [-0.39, 0.29) is 0 Å². The quantitative estimate of drug-likeness (QED) is 0.169. The summed E-state index contributed by atoms with van der Waals surface area (Å²) < 4.78 is 7.03. The summed E-state index contributed by atoms with van der Waals surface area (Å²) in [5.74, 6) is 0. The number of hydrogen-bond acceptors (Lipinski definition) is 1. The van der Waals surface area contributed by atoms with Crippen molar-refractivity contribution in [3.05, 3.63) is 193 Å². The molecule has 11 aromatic rings. The Morgan fingerprint density at radius 1 is 0.436 bits per heavy atom. The van der Waals surface area contributed by atoms with E-state index in [4.69, 9.17) is 6.57 Å². The van der Waals surface area contributed by atoms with Gasteiger partial charge >= 0.3 is 0 Å². The van der Waals surface area contributed by atoms with Crippen molar-refractivity contribution in [2.45, 2.75) is 0 Å². The lowest BCUT2D eigenvalue weighted by Gasteiger charge is -2.18. The van der Waals surface area contributed by atoms with E-state index in [9.17, 15) is 5.26 Å². The van der Waals surface area contributed by atoms with Crippen molar-refractivity contribution in [3.8, 4) is 34.3 Å². The highest BCUT2D eigenvalue weighted by atomic mass is 15.1. The summed E-state index contributed by atoms with van der Waals surface area (Å²) in [4.78, 5) is 3.72. The number of aromatic nitrogens is 3. The molecule has 0 aliphatic carbocycles. The highest BCUT2D eigenvalue weighted by Gasteiger charge is 2.22. The Labute approximate surface area is 316 Å². The van der Waals surface area contributed by atoms with Crippen LogP contribution in [0.4, 0.5) is 5.69 Å². The van der Waals surface area contributed by atoms with Crippen LogP contribution in [0, 0.1) is 17.9 Å². The summed E-state index contributed by atoms with van der Waals surface area (Å²) in [6.07, 6.45) is 0. The predicted octanol–water partition coefficient (Wildman–Crippen LogP) is 13.1. The van der Waals surface area contributed by atoms with Gasteiger partial charge in [-0.05, 0) is 77.7 Å². The normalized spacial score (nSPS) is 11.6. The second kappa shape index (κ2) is 11.8. The predicted molar refractivity (Wildman–Crippen MR) is 226 cm³/mol. The maximum absolute atomic E-state index is 10.3. The molecule has 254 valence electrons. The average Bonchev–Trinajstić information content (AvgIpc) is 3.89. The molecule has 11 rings (SSSR count). The minimum Gasteiger partial charge on any atom is -0.309 e. The van der Waals surface area contributed by atoms with Crippen LogP contribution in [-0.4, -0.2) is 13.7 Å². The van der Waals surface area contributed by atoms with E-state index in [1.165, 1.54) is 10.8 Å². The van der Waals surface area contributed by atoms with Crippen LogP contribution in [0.15, 0.2) is 176 Å². The molecule has 0 atom stereocenters. The average molecular weight is 700 g/mol. The minimum atomic E-state index is 0.591. The van der Waals surface area contributed by atoms with E-state index in [0.29, 0.717) is 11.3 Å². The molecule has 3 aromatic heterocycles. The Balaban J connectivity index is 1.21. The van der Waals surface area contributed by atoms with Gasteiger partial charge in [-0.3, -0.25) is 0 Å². The Morgan fingerprint density at radius 3 is 1.67 bits per heavy atom. The maximum atomic E-state index is 10.3. The van der Waals surface area contributed by atoms with Crippen molar-refractivity contribution in [2.24, 2.45) is 0 Å². The first-order valence-electron chi connectivity index (χ1n) is 18.3. The molecule has 0 amide bonds. The zero-order chi connectivity index (χ0) is 36.6. The molecular weight excluding hydrogens is 671 g/mol. The second-order valence-electron chi connectivity index (χ2n) is 14.0. The Morgan fingerprint density at radius 2 is 1.00 bits per heavy atom. The summed E-state index contributed by atoms with van der Waals surface area (Å²) in [5, 5.41) is 17.2. The molecule has 0 aliphatic rings. The van der Waals surface area contributed by atoms with Crippen LogP contribution >= 0.6 is 0 Å². The molecule has 3 heterocycles. The monoisotopic (exact) mass is 699 g/mol. The van der Waals surface area contributed by atoms with Gasteiger partial charge in [0.05, 0.1) is 62.7 Å². The maximum Gasteiger partial charge on any atom is 0.188 e. The molecule has 55 heavy (non-hydrogen) atoms. The first-order chi connectivity index (χ1) is 27.2. The number of rotatable bonds is 4. The van der Waals surface area contributed by atoms with Crippen molar-refractivity contribution < 1.29 is 0 Å². The molecule has 8 aromatic carbocycles. The van der Waals surface area contributed by atoms with Crippen molar-refractivity contribution in [1.82, 2.24) is 13.7 Å². The second-order valence-corrected chi connectivity index (χ2v) is 14.0. The number of fused-ring (bicyclic) bond motifs is 9. The number of para-hydroxylation sites is 5. The molecule has 0 spiro atoms. The summed E-state index contributed by atoms with van der Waals surface area (Å²) >= 11 is 0. The Kier molecular flexibility index (Phi) is 6.61. The molecule has 0 fully saturated rings. The fourth-order valence-corrected chi connectivity index (χ4v) is 8.76. The topological polar surface area (TPSA) is 42.9 Å². The fourth-order valence-electron chi connectivity index (χ4n) is 8.76. The lowest BCUT2D eigenvalue weighted by atomic mass is 10.0. The summed E-state index contributed by atoms with van der Waals surface area (Å²) in [7, 11) is 0. The van der Waals surface area contributed by atoms with Gasteiger partial charge in [0.25, 0.3) is 0 Å². The van der Waals surface area contributed by atoms with Crippen LogP contribution in [0.25, 0.3) is 98.5 Å². The number of hydrogen-bond donors (Lipinski definition) is 0. The number of nitriles is 1. The van der Waals surface area contributed by atoms with Gasteiger partial charge in [0.15, 0.2) is 5.69 Å². The highest BCUT2D eigenvalue weighted by Crippen LogP contribution is 2.42. The molecule has 0 N–H and O–H groups in total. The minimum absolute atomic E-state index is 0.591. The van der Waals surface area contributed by atoms with Crippen LogP contribution < -0.4 is 0 Å². The van der Waals surface area contributed by atoms with Crippen LogP contribution in [0.3, 0.4) is 0 Å². The zero-order valence-corrected chi connectivity index (χ0v) is 29.5. The van der Waals surface area contributed by atoms with Crippen LogP contribution in [-0.2, 0) is 0 Å². The molecule has 0 radical (unpaired) electrons. The molecule has 5 heteroatoms. The molecule has 5 nitrogen and oxygen atoms in total. The van der Waals surface area contributed by atoms with Crippen molar-refractivity contribution in [2.75, 3.05) is 0 Å². The number of nitrogens with zero attached hydrogens (tertiary/aromatic N) is 5. The van der Waals surface area contributed by atoms with Crippen LogP contribution in [0.1, 0.15) is 5.56 Å². The fraction of sp³-hybridized carbons (Fsp3) is 0. The van der Waals surface area contributed by atoms with Crippen LogP contribution in [0.2, 0.25) is 0 Å². The third-order valence-electron chi connectivity index (χ3n) is 11.1. The van der Waals surface area contributed by atoms with E-state index >= 15 is 0 Å². The molecular formula is C50H29N5. The van der Waals surface area contributed by atoms with E-state index in [2.05, 4.69) is 176 Å². The smallest absolute Gasteiger partial charge is 0.188 e. The number of benzene rings is 8. The van der Waals surface area contributed by atoms with E-state index in [0.717, 1.165) is 82.8 Å². The van der Waals surface area contributed by atoms with E-state index < -0.39 is 0 Å². The molecule has 0 unspecified atom stereocenters. The third kappa shape index (κ3) is 4.45. The van der Waals surface area contributed by atoms with E-state index in [1.807, 2.05) is 24.3 Å². The molecule has 0 saturated heterocycles. The van der Waals surface area contributed by atoms with Gasteiger partial charge in [0.1, 0.15) is 0 Å². The third-order valence-corrected chi connectivity index (χ3v) is 11.1. The summed E-state index contributed by atoms with van der Waals surface area (Å²) in [5.41, 5.74) is 12.8. The first-order valence-corrected chi connectivity index (χ1v) is 18.3. The van der Waals surface area contributed by atoms with Gasteiger partial charge in [0, 0.05) is 38.2 Å². The lowest BCUT2D eigenvalue weighted by molar-refractivity contribution is 1.13. The Bertz CT molecular complexity index is 3420. The summed E-state index contributed by atoms with van der Waals surface area (Å²) in [6.45, 7) is 7.65. The van der Waals surface area contributed by atoms with Crippen molar-refractivity contribution >= 4 is 71.1 Å². The molecule has 0 aliphatic heterocycles. The largest absolute Gasteiger partial charge is 0.309 e. The van der Waals surface area contributed by atoms with Gasteiger partial charge in [0.2, 0.25) is 0 Å². The van der Waals surface area contributed by atoms with Gasteiger partial charge < -0.3 is 13.7 Å². The van der Waals surface area contributed by atoms with E-state index in [1.54, 1.807) is 0 Å². The highest BCUT2D eigenvalue weighted by molar-refractivity contribution is 6.15. The Hall–Kier alpha value is -7.86. The van der Waals surface area contributed by atoms with Gasteiger partial charge in [-0.1, -0.05) is 109 Å². The van der Waals surface area contributed by atoms with Gasteiger partial charge in [-0.25, -0.2) is 4.85 Å². The standard InChI is InChI=1S/C50H29N5/c1-52-34-25-27-47-42(30-34)40-17-5-6-19-43(40)53(47)35-13-10-12-33(29-35)36-26-24-32(31-51)28-49(36)55-46-22-9-4-16-39(46)41-18-11-23-48(50(41)55)54-44-20-7-2-14-37(44)38-15-3-8-21-45(38)54/h2-30H. The van der Waals surface area contributed by atoms with Gasteiger partial charge in [-0.2, -0.15) is 5.26 Å². The SMILES string of the molecule is [C-]#[N+]c1ccc2c(c1)c1ccccc1n2-c1cccc(-c2ccc(C#N)cc2-n2c3ccccc3c3cccc(-n4c5ccccc5c5ccccc54)c32)c1. The van der Waals surface area contributed by atoms with Crippen molar-refractivity contribution in [3.63, 3.8) is 0 Å². The molecule has 0 bridgehead atoms. The summed E-state index contributed by atoms with van der Waals surface area (Å²) in [6, 6.07) is 63.8. The van der Waals surface area contributed by atoms with Gasteiger partial charge in [-0.15, -0.1) is 0 Å². The first kappa shape index (κ1) is 30.7. The van der Waals surface area contributed by atoms with Crippen LogP contribution in [0.5, 0.6) is 0 Å². The lowest BCUT2D eigenvalue weighted by Crippen LogP contribution is -2.03. The van der Waals surface area contributed by atoms with Crippen molar-refractivity contribution in [1.29, 1.82) is 5.26 Å². The molecule has 0 saturated carbocycles.